The Morgan fingerprint density at radius 1 is 1.19 bits per heavy atom. The zero-order valence-corrected chi connectivity index (χ0v) is 11.7. The van der Waals surface area contributed by atoms with E-state index in [1.165, 1.54) is 36.2 Å². The molecule has 2 amide bonds. The fraction of sp³-hybridized carbons (Fsp3) is 0.200. The average molecular weight is 290 g/mol. The molecule has 0 radical (unpaired) electrons. The number of nitrogens with zero attached hydrogens (tertiary/aromatic N) is 1. The lowest BCUT2D eigenvalue weighted by Gasteiger charge is -2.15. The van der Waals surface area contributed by atoms with E-state index in [0.717, 1.165) is 0 Å². The number of hydrogen-bond donors (Lipinski definition) is 1. The van der Waals surface area contributed by atoms with Crippen LogP contribution in [0.5, 0.6) is 0 Å². The Labute approximate surface area is 121 Å². The molecule has 0 saturated carbocycles. The minimum absolute atomic E-state index is 0.129. The molecular weight excluding hydrogens is 275 g/mol. The first kappa shape index (κ1) is 14.8. The van der Waals surface area contributed by atoms with E-state index in [1.807, 2.05) is 0 Å². The van der Waals surface area contributed by atoms with Gasteiger partial charge in [0.1, 0.15) is 11.6 Å². The second kappa shape index (κ2) is 6.21. The molecule has 0 aliphatic rings. The normalized spacial score (nSPS) is 10.2. The molecule has 1 N–H and O–H groups in total. The average Bonchev–Trinajstić information content (AvgIpc) is 2.87. The van der Waals surface area contributed by atoms with Gasteiger partial charge in [-0.25, -0.2) is 4.39 Å². The fourth-order valence-corrected chi connectivity index (χ4v) is 1.76. The Balaban J connectivity index is 1.92. The molecule has 0 fully saturated rings. The third kappa shape index (κ3) is 3.92. The van der Waals surface area contributed by atoms with E-state index in [2.05, 4.69) is 5.32 Å². The summed E-state index contributed by atoms with van der Waals surface area (Å²) in [5.41, 5.74) is 0.469. The van der Waals surface area contributed by atoms with Crippen LogP contribution in [0.1, 0.15) is 16.3 Å². The number of likely N-dealkylation sites (N-methyl/N-ethyl adjacent to an activating group) is 1. The molecule has 1 aromatic carbocycles. The lowest BCUT2D eigenvalue weighted by Crippen LogP contribution is -2.34. The third-order valence-corrected chi connectivity index (χ3v) is 2.81. The molecule has 0 aliphatic heterocycles. The molecule has 1 heterocycles. The molecule has 1 aromatic heterocycles. The fourth-order valence-electron chi connectivity index (χ4n) is 1.76. The van der Waals surface area contributed by atoms with Crippen molar-refractivity contribution in [2.45, 2.75) is 6.92 Å². The van der Waals surface area contributed by atoms with E-state index in [-0.39, 0.29) is 29.9 Å². The summed E-state index contributed by atoms with van der Waals surface area (Å²) in [4.78, 5) is 25.1. The van der Waals surface area contributed by atoms with E-state index in [9.17, 15) is 14.0 Å². The van der Waals surface area contributed by atoms with E-state index in [0.29, 0.717) is 11.4 Å². The number of anilines is 1. The molecule has 0 saturated heterocycles. The molecule has 21 heavy (non-hydrogen) atoms. The molecule has 2 aromatic rings. The van der Waals surface area contributed by atoms with Crippen LogP contribution in [0.3, 0.4) is 0 Å². The molecule has 110 valence electrons. The van der Waals surface area contributed by atoms with Crippen LogP contribution in [0, 0.1) is 12.7 Å². The molecule has 0 bridgehead atoms. The monoisotopic (exact) mass is 290 g/mol. The number of rotatable bonds is 4. The third-order valence-electron chi connectivity index (χ3n) is 2.81. The zero-order valence-electron chi connectivity index (χ0n) is 11.7. The standard InChI is InChI=1S/C15H15FN2O3/c1-10-3-8-13(21-10)15(20)18(2)9-14(19)17-12-6-4-11(16)5-7-12/h3-8H,9H2,1-2H3,(H,17,19). The lowest BCUT2D eigenvalue weighted by molar-refractivity contribution is -0.116. The number of benzene rings is 1. The van der Waals surface area contributed by atoms with Crippen molar-refractivity contribution in [1.29, 1.82) is 0 Å². The zero-order chi connectivity index (χ0) is 15.4. The largest absolute Gasteiger partial charge is 0.456 e. The SMILES string of the molecule is Cc1ccc(C(=O)N(C)CC(=O)Nc2ccc(F)cc2)o1. The summed E-state index contributed by atoms with van der Waals surface area (Å²) >= 11 is 0. The number of halogens is 1. The highest BCUT2D eigenvalue weighted by molar-refractivity contribution is 5.97. The number of nitrogens with one attached hydrogen (secondary N) is 1. The summed E-state index contributed by atoms with van der Waals surface area (Å²) in [5, 5.41) is 2.58. The van der Waals surface area contributed by atoms with Crippen molar-refractivity contribution in [1.82, 2.24) is 4.90 Å². The van der Waals surface area contributed by atoms with Crippen LogP contribution in [-0.2, 0) is 4.79 Å². The van der Waals surface area contributed by atoms with Gasteiger partial charge in [-0.15, -0.1) is 0 Å². The number of aryl methyl sites for hydroxylation is 1. The summed E-state index contributed by atoms with van der Waals surface area (Å²) in [6, 6.07) is 8.63. The molecule has 0 atom stereocenters. The van der Waals surface area contributed by atoms with Crippen LogP contribution in [0.15, 0.2) is 40.8 Å². The van der Waals surface area contributed by atoms with E-state index >= 15 is 0 Å². The van der Waals surface area contributed by atoms with Gasteiger partial charge in [0.05, 0.1) is 6.54 Å². The van der Waals surface area contributed by atoms with Gasteiger partial charge in [0, 0.05) is 12.7 Å². The minimum atomic E-state index is -0.381. The summed E-state index contributed by atoms with van der Waals surface area (Å²) in [5.74, 6) is -0.321. The Morgan fingerprint density at radius 3 is 2.43 bits per heavy atom. The highest BCUT2D eigenvalue weighted by Gasteiger charge is 2.17. The van der Waals surface area contributed by atoms with Crippen molar-refractivity contribution in [2.24, 2.45) is 0 Å². The number of furan rings is 1. The predicted molar refractivity (Wildman–Crippen MR) is 75.4 cm³/mol. The van der Waals surface area contributed by atoms with Gasteiger partial charge in [-0.05, 0) is 43.3 Å². The highest BCUT2D eigenvalue weighted by atomic mass is 19.1. The Hall–Kier alpha value is -2.63. The van der Waals surface area contributed by atoms with Gasteiger partial charge in [0.15, 0.2) is 5.76 Å². The molecule has 5 nitrogen and oxygen atoms in total. The minimum Gasteiger partial charge on any atom is -0.456 e. The first-order chi connectivity index (χ1) is 9.95. The van der Waals surface area contributed by atoms with Gasteiger partial charge in [0.2, 0.25) is 5.91 Å². The van der Waals surface area contributed by atoms with Gasteiger partial charge < -0.3 is 14.6 Å². The smallest absolute Gasteiger partial charge is 0.289 e. The van der Waals surface area contributed by atoms with Crippen molar-refractivity contribution >= 4 is 17.5 Å². The summed E-state index contributed by atoms with van der Waals surface area (Å²) in [7, 11) is 1.50. The van der Waals surface area contributed by atoms with Gasteiger partial charge in [-0.1, -0.05) is 0 Å². The van der Waals surface area contributed by atoms with Crippen molar-refractivity contribution < 1.29 is 18.4 Å². The van der Waals surface area contributed by atoms with Crippen molar-refractivity contribution in [3.8, 4) is 0 Å². The summed E-state index contributed by atoms with van der Waals surface area (Å²) in [6.07, 6.45) is 0. The maximum atomic E-state index is 12.8. The molecular formula is C15H15FN2O3. The van der Waals surface area contributed by atoms with Crippen LogP contribution >= 0.6 is 0 Å². The molecule has 0 spiro atoms. The first-order valence-electron chi connectivity index (χ1n) is 6.33. The molecule has 6 heteroatoms. The van der Waals surface area contributed by atoms with Crippen LogP contribution in [0.2, 0.25) is 0 Å². The lowest BCUT2D eigenvalue weighted by atomic mass is 10.3. The van der Waals surface area contributed by atoms with Gasteiger partial charge in [0.25, 0.3) is 5.91 Å². The van der Waals surface area contributed by atoms with Crippen LogP contribution < -0.4 is 5.32 Å². The van der Waals surface area contributed by atoms with Crippen LogP contribution in [-0.4, -0.2) is 30.3 Å². The van der Waals surface area contributed by atoms with Crippen molar-refractivity contribution in [3.63, 3.8) is 0 Å². The van der Waals surface area contributed by atoms with Crippen molar-refractivity contribution in [3.05, 3.63) is 53.7 Å². The highest BCUT2D eigenvalue weighted by Crippen LogP contribution is 2.10. The van der Waals surface area contributed by atoms with Gasteiger partial charge >= 0.3 is 0 Å². The summed E-state index contributed by atoms with van der Waals surface area (Å²) in [6.45, 7) is 1.61. The number of carbonyl (C=O) groups excluding carboxylic acids is 2. The Kier molecular flexibility index (Phi) is 4.37. The molecule has 0 unspecified atom stereocenters. The molecule has 2 rings (SSSR count). The Bertz CT molecular complexity index is 649. The first-order valence-corrected chi connectivity index (χ1v) is 6.33. The summed E-state index contributed by atoms with van der Waals surface area (Å²) < 4.78 is 18.0. The van der Waals surface area contributed by atoms with Crippen LogP contribution in [0.25, 0.3) is 0 Å². The predicted octanol–water partition coefficient (Wildman–Crippen LogP) is 2.44. The van der Waals surface area contributed by atoms with E-state index < -0.39 is 0 Å². The maximum Gasteiger partial charge on any atom is 0.289 e. The molecule has 0 aliphatic carbocycles. The maximum absolute atomic E-state index is 12.8. The second-order valence-electron chi connectivity index (χ2n) is 4.63. The van der Waals surface area contributed by atoms with Crippen molar-refractivity contribution in [2.75, 3.05) is 18.9 Å². The topological polar surface area (TPSA) is 62.6 Å². The van der Waals surface area contributed by atoms with Gasteiger partial charge in [-0.3, -0.25) is 9.59 Å². The Morgan fingerprint density at radius 2 is 1.86 bits per heavy atom. The number of carbonyl (C=O) groups is 2. The second-order valence-corrected chi connectivity index (χ2v) is 4.63. The number of hydrogen-bond acceptors (Lipinski definition) is 3. The van der Waals surface area contributed by atoms with E-state index in [1.54, 1.807) is 19.1 Å². The van der Waals surface area contributed by atoms with Gasteiger partial charge in [-0.2, -0.15) is 0 Å². The number of amides is 2. The quantitative estimate of drug-likeness (QED) is 0.940. The van der Waals surface area contributed by atoms with E-state index in [4.69, 9.17) is 4.42 Å². The van der Waals surface area contributed by atoms with Crippen LogP contribution in [0.4, 0.5) is 10.1 Å².